The second kappa shape index (κ2) is 12.5. The van der Waals surface area contributed by atoms with Crippen molar-refractivity contribution >= 4 is 60.9 Å². The number of carbonyl (C=O) groups is 3. The molecule has 2 aromatic rings. The van der Waals surface area contributed by atoms with E-state index in [1.54, 1.807) is 0 Å². The summed E-state index contributed by atoms with van der Waals surface area (Å²) in [6, 6.07) is 6.86. The molecule has 3 rings (SSSR count). The van der Waals surface area contributed by atoms with Gasteiger partial charge in [0.1, 0.15) is 21.9 Å². The maximum Gasteiger partial charge on any atom is 0.326 e. The molecule has 0 aliphatic carbocycles. The summed E-state index contributed by atoms with van der Waals surface area (Å²) in [5, 5.41) is 26.7. The van der Waals surface area contributed by atoms with Crippen LogP contribution < -0.4 is 16.2 Å². The highest BCUT2D eigenvalue weighted by Gasteiger charge is 2.41. The Morgan fingerprint density at radius 2 is 1.76 bits per heavy atom. The molecule has 0 aromatic heterocycles. The van der Waals surface area contributed by atoms with Crippen molar-refractivity contribution in [3.8, 4) is 0 Å². The van der Waals surface area contributed by atoms with Crippen LogP contribution in [0.4, 0.5) is 5.69 Å². The molecule has 1 amide bonds. The summed E-state index contributed by atoms with van der Waals surface area (Å²) in [5.41, 5.74) is 5.87. The minimum absolute atomic E-state index is 0.146. The first-order valence-corrected chi connectivity index (χ1v) is 15.4. The van der Waals surface area contributed by atoms with E-state index in [2.05, 4.69) is 9.71 Å². The highest BCUT2D eigenvalue weighted by Crippen LogP contribution is 2.31. The van der Waals surface area contributed by atoms with E-state index < -0.39 is 89.5 Å². The van der Waals surface area contributed by atoms with Crippen LogP contribution in [-0.2, 0) is 40.9 Å². The molecule has 0 saturated carbocycles. The van der Waals surface area contributed by atoms with Crippen LogP contribution in [0.2, 0.25) is 5.02 Å². The molecule has 2 aromatic carbocycles. The fraction of sp³-hybridized carbons (Fsp3) is 0.333. The van der Waals surface area contributed by atoms with E-state index in [0.29, 0.717) is 12.5 Å². The number of nitrogens with one attached hydrogen (secondary N) is 1. The van der Waals surface area contributed by atoms with Crippen LogP contribution >= 0.6 is 11.6 Å². The Hall–Kier alpha value is -3.57. The summed E-state index contributed by atoms with van der Waals surface area (Å²) in [6.45, 7) is 0.867. The SMILES string of the molecule is C[C@H](N[C@@H](CCc1ccccc1)C(=O)O)C(=O)N1CC(=NS(=O)(=O)c2cc(S(N)(=O)=O)c(N)cc2Cl)CC1C(=O)O. The summed E-state index contributed by atoms with van der Waals surface area (Å²) in [5.74, 6) is -3.42. The van der Waals surface area contributed by atoms with Crippen molar-refractivity contribution < 1.29 is 41.4 Å². The van der Waals surface area contributed by atoms with Gasteiger partial charge in [0, 0.05) is 6.42 Å². The van der Waals surface area contributed by atoms with Crippen LogP contribution in [0.1, 0.15) is 25.3 Å². The van der Waals surface area contributed by atoms with E-state index >= 15 is 0 Å². The van der Waals surface area contributed by atoms with Crippen LogP contribution in [0.15, 0.2) is 56.7 Å². The summed E-state index contributed by atoms with van der Waals surface area (Å²) < 4.78 is 53.2. The van der Waals surface area contributed by atoms with Crippen LogP contribution in [0.5, 0.6) is 0 Å². The number of nitrogen functional groups attached to an aromatic ring is 1. The predicted octanol–water partition coefficient (Wildman–Crippen LogP) is 0.449. The normalized spacial score (nSPS) is 18.3. The maximum atomic E-state index is 13.2. The highest BCUT2D eigenvalue weighted by molar-refractivity contribution is 7.90. The van der Waals surface area contributed by atoms with Crippen molar-refractivity contribution in [2.75, 3.05) is 12.3 Å². The minimum Gasteiger partial charge on any atom is -0.480 e. The van der Waals surface area contributed by atoms with Gasteiger partial charge in [-0.1, -0.05) is 41.9 Å². The molecule has 7 N–H and O–H groups in total. The van der Waals surface area contributed by atoms with Crippen molar-refractivity contribution in [2.45, 2.75) is 54.1 Å². The number of nitrogens with zero attached hydrogens (tertiary/aromatic N) is 2. The van der Waals surface area contributed by atoms with Crippen LogP contribution in [0.3, 0.4) is 0 Å². The lowest BCUT2D eigenvalue weighted by Crippen LogP contribution is -2.53. The molecule has 1 unspecified atom stereocenters. The van der Waals surface area contributed by atoms with Gasteiger partial charge in [-0.05, 0) is 37.5 Å². The second-order valence-electron chi connectivity index (χ2n) is 9.33. The monoisotopic (exact) mass is 629 g/mol. The van der Waals surface area contributed by atoms with Gasteiger partial charge in [0.25, 0.3) is 10.0 Å². The third-order valence-electron chi connectivity index (χ3n) is 6.31. The van der Waals surface area contributed by atoms with Gasteiger partial charge in [0.15, 0.2) is 0 Å². The van der Waals surface area contributed by atoms with E-state index in [1.165, 1.54) is 6.92 Å². The number of aliphatic carboxylic acids is 2. The first kappa shape index (κ1) is 32.0. The fourth-order valence-electron chi connectivity index (χ4n) is 4.29. The number of benzene rings is 2. The van der Waals surface area contributed by atoms with E-state index in [-0.39, 0.29) is 12.1 Å². The Morgan fingerprint density at radius 3 is 2.32 bits per heavy atom. The number of carboxylic acids is 2. The lowest BCUT2D eigenvalue weighted by atomic mass is 10.0. The van der Waals surface area contributed by atoms with Gasteiger partial charge in [-0.15, -0.1) is 0 Å². The molecule has 1 aliphatic heterocycles. The molecule has 0 bridgehead atoms. The van der Waals surface area contributed by atoms with E-state index in [9.17, 15) is 41.4 Å². The number of amides is 1. The Kier molecular flexibility index (Phi) is 9.76. The topological polar surface area (TPSA) is 240 Å². The van der Waals surface area contributed by atoms with Crippen molar-refractivity contribution in [3.05, 3.63) is 53.1 Å². The zero-order valence-electron chi connectivity index (χ0n) is 21.6. The lowest BCUT2D eigenvalue weighted by Gasteiger charge is -2.26. The average Bonchev–Trinajstić information content (AvgIpc) is 3.28. The number of primary sulfonamides is 1. The zero-order valence-corrected chi connectivity index (χ0v) is 24.0. The molecule has 41 heavy (non-hydrogen) atoms. The third kappa shape index (κ3) is 7.80. The van der Waals surface area contributed by atoms with Gasteiger partial charge >= 0.3 is 11.9 Å². The standard InChI is InChI=1S/C24H28ClN5O9S2/c1-13(28-18(23(32)33)8-7-14-5-3-2-4-6-14)22(31)30-12-15(9-19(30)24(34)35)29-41(38,39)20-11-21(40(27,36)37)17(26)10-16(20)25/h2-6,10-11,13,18-19,28H,7-9,12,26H2,1H3,(H,32,33)(H,34,35)(H2,27,36,37)/t13-,18-,19?/m0/s1. The maximum absolute atomic E-state index is 13.2. The minimum atomic E-state index is -4.70. The number of hydrogen-bond donors (Lipinski definition) is 5. The highest BCUT2D eigenvalue weighted by atomic mass is 35.5. The van der Waals surface area contributed by atoms with E-state index in [1.807, 2.05) is 30.3 Å². The van der Waals surface area contributed by atoms with Crippen LogP contribution in [0.25, 0.3) is 0 Å². The first-order valence-electron chi connectivity index (χ1n) is 12.0. The predicted molar refractivity (Wildman–Crippen MR) is 148 cm³/mol. The van der Waals surface area contributed by atoms with Gasteiger partial charge in [0.05, 0.1) is 29.0 Å². The molecular formula is C24H28ClN5O9S2. The van der Waals surface area contributed by atoms with Crippen molar-refractivity contribution in [1.82, 2.24) is 10.2 Å². The largest absolute Gasteiger partial charge is 0.480 e. The van der Waals surface area contributed by atoms with Gasteiger partial charge in [-0.25, -0.2) is 18.4 Å². The number of likely N-dealkylation sites (tertiary alicyclic amines) is 1. The van der Waals surface area contributed by atoms with Crippen LogP contribution in [0, 0.1) is 0 Å². The number of sulfonamides is 2. The number of rotatable bonds is 11. The number of halogens is 1. The van der Waals surface area contributed by atoms with Gasteiger partial charge in [-0.3, -0.25) is 14.9 Å². The molecule has 1 heterocycles. The molecule has 1 aliphatic rings. The van der Waals surface area contributed by atoms with Gasteiger partial charge in [0.2, 0.25) is 15.9 Å². The second-order valence-corrected chi connectivity index (χ2v) is 12.8. The number of hydrogen-bond acceptors (Lipinski definition) is 9. The number of carboxylic acid groups (broad SMARTS) is 2. The Bertz CT molecular complexity index is 1600. The van der Waals surface area contributed by atoms with Crippen molar-refractivity contribution in [3.63, 3.8) is 0 Å². The summed E-state index contributed by atoms with van der Waals surface area (Å²) >= 11 is 5.98. The van der Waals surface area contributed by atoms with Crippen molar-refractivity contribution in [2.24, 2.45) is 9.54 Å². The van der Waals surface area contributed by atoms with E-state index in [0.717, 1.165) is 16.5 Å². The first-order chi connectivity index (χ1) is 19.0. The van der Waals surface area contributed by atoms with Crippen molar-refractivity contribution in [1.29, 1.82) is 0 Å². The molecule has 17 heteroatoms. The molecule has 14 nitrogen and oxygen atoms in total. The van der Waals surface area contributed by atoms with Gasteiger partial charge in [-0.2, -0.15) is 12.8 Å². The lowest BCUT2D eigenvalue weighted by molar-refractivity contribution is -0.149. The summed E-state index contributed by atoms with van der Waals surface area (Å²) in [4.78, 5) is 36.4. The number of nitrogens with two attached hydrogens (primary N) is 2. The molecule has 1 fully saturated rings. The fourth-order valence-corrected chi connectivity index (χ4v) is 6.64. The molecule has 3 atom stereocenters. The number of aryl methyl sites for hydroxylation is 1. The molecule has 0 spiro atoms. The molecule has 1 saturated heterocycles. The quantitative estimate of drug-likeness (QED) is 0.214. The smallest absolute Gasteiger partial charge is 0.326 e. The van der Waals surface area contributed by atoms with E-state index in [4.69, 9.17) is 22.5 Å². The zero-order chi connectivity index (χ0) is 30.7. The van der Waals surface area contributed by atoms with Crippen LogP contribution in [-0.4, -0.2) is 80.2 Å². The third-order valence-corrected chi connectivity index (χ3v) is 9.09. The molecular weight excluding hydrogens is 602 g/mol. The number of anilines is 1. The molecule has 222 valence electrons. The Balaban J connectivity index is 1.83. The average molecular weight is 630 g/mol. The Morgan fingerprint density at radius 1 is 1.12 bits per heavy atom. The number of carbonyl (C=O) groups excluding carboxylic acids is 1. The molecule has 0 radical (unpaired) electrons. The summed E-state index contributed by atoms with van der Waals surface area (Å²) in [7, 11) is -9.12. The Labute approximate surface area is 241 Å². The van der Waals surface area contributed by atoms with Gasteiger partial charge < -0.3 is 20.8 Å². The summed E-state index contributed by atoms with van der Waals surface area (Å²) in [6.07, 6.45) is 0.0911.